The fourth-order valence-corrected chi connectivity index (χ4v) is 7.21. The fourth-order valence-electron chi connectivity index (χ4n) is 6.74. The minimum Gasteiger partial charge on any atom is -0.480 e. The van der Waals surface area contributed by atoms with E-state index in [4.69, 9.17) is 0 Å². The van der Waals surface area contributed by atoms with Crippen LogP contribution in [-0.2, 0) is 43.2 Å². The van der Waals surface area contributed by atoms with Crippen LogP contribution in [0.1, 0.15) is 71.1 Å². The van der Waals surface area contributed by atoms with Crippen LogP contribution in [-0.4, -0.2) is 222 Å². The van der Waals surface area contributed by atoms with Crippen molar-refractivity contribution in [2.24, 2.45) is 0 Å². The molecule has 0 aromatic heterocycles. The van der Waals surface area contributed by atoms with Crippen molar-refractivity contribution in [1.82, 2.24) is 51.5 Å². The number of carboxylic acids is 4. The van der Waals surface area contributed by atoms with Gasteiger partial charge in [-0.05, 0) is 50.5 Å². The molecule has 0 aromatic carbocycles. The second kappa shape index (κ2) is 35.2. The molecule has 10 N–H and O–H groups in total. The highest BCUT2D eigenvalue weighted by Gasteiger charge is 2.25. The van der Waals surface area contributed by atoms with Crippen molar-refractivity contribution >= 4 is 65.1 Å². The van der Waals surface area contributed by atoms with Crippen LogP contribution in [0.2, 0.25) is 0 Å². The highest BCUT2D eigenvalue weighted by atomic mass is 32.2. The van der Waals surface area contributed by atoms with Crippen molar-refractivity contribution in [2.45, 2.75) is 83.2 Å². The van der Waals surface area contributed by atoms with Gasteiger partial charge in [-0.2, -0.15) is 11.8 Å². The molecule has 0 aromatic rings. The Bertz CT molecular complexity index is 1540. The van der Waals surface area contributed by atoms with Gasteiger partial charge in [0.2, 0.25) is 23.6 Å². The zero-order chi connectivity index (χ0) is 49.3. The zero-order valence-corrected chi connectivity index (χ0v) is 39.4. The summed E-state index contributed by atoms with van der Waals surface area (Å²) >= 11 is 1.44. The van der Waals surface area contributed by atoms with Gasteiger partial charge in [0.05, 0.1) is 38.5 Å². The maximum Gasteiger partial charge on any atom is 0.326 e. The number of nitrogens with zero attached hydrogens (tertiary/aromatic N) is 4. The average Bonchev–Trinajstić information content (AvgIpc) is 3.24. The van der Waals surface area contributed by atoms with Crippen molar-refractivity contribution < 1.29 is 63.6 Å². The maximum absolute atomic E-state index is 13.1. The van der Waals surface area contributed by atoms with Crippen LogP contribution in [0, 0.1) is 0 Å². The third-order valence-corrected chi connectivity index (χ3v) is 11.1. The molecule has 23 nitrogen and oxygen atoms in total. The summed E-state index contributed by atoms with van der Waals surface area (Å²) in [6, 6.07) is -2.20. The Hall–Kier alpha value is -5.04. The molecule has 376 valence electrons. The number of hydrogen-bond donors (Lipinski definition) is 10. The lowest BCUT2D eigenvalue weighted by Crippen LogP contribution is -2.51. The summed E-state index contributed by atoms with van der Waals surface area (Å²) in [5.74, 6) is -5.39. The van der Waals surface area contributed by atoms with Gasteiger partial charge in [-0.15, -0.1) is 0 Å². The Morgan fingerprint density at radius 1 is 0.545 bits per heavy atom. The number of unbranched alkanes of at least 4 members (excludes halogenated alkanes) is 3. The fraction of sp³-hybridized carbons (Fsp3) is 0.738. The minimum atomic E-state index is -1.22. The zero-order valence-electron chi connectivity index (χ0n) is 38.6. The molecule has 1 aliphatic rings. The van der Waals surface area contributed by atoms with Crippen LogP contribution >= 0.6 is 11.8 Å². The first-order chi connectivity index (χ1) is 31.4. The van der Waals surface area contributed by atoms with E-state index in [-0.39, 0.29) is 110 Å². The van der Waals surface area contributed by atoms with Crippen LogP contribution < -0.4 is 31.9 Å². The summed E-state index contributed by atoms with van der Waals surface area (Å²) in [6.45, 7) is 7.22. The number of Topliss-reactive ketones (excluding diaryl/α,β-unsaturated/α-hetero) is 1. The first-order valence-corrected chi connectivity index (χ1v) is 23.9. The van der Waals surface area contributed by atoms with Gasteiger partial charge in [-0.25, -0.2) is 4.79 Å². The molecular formula is C42H74N10O13S. The number of ketones is 1. The molecule has 1 fully saturated rings. The van der Waals surface area contributed by atoms with Gasteiger partial charge < -0.3 is 52.3 Å². The first kappa shape index (κ1) is 59.0. The van der Waals surface area contributed by atoms with E-state index < -0.39 is 66.1 Å². The van der Waals surface area contributed by atoms with Crippen molar-refractivity contribution in [2.75, 3.05) is 117 Å². The van der Waals surface area contributed by atoms with E-state index in [0.29, 0.717) is 50.3 Å². The number of carbonyl (C=O) groups is 9. The molecular weight excluding hydrogens is 885 g/mol. The molecule has 66 heavy (non-hydrogen) atoms. The van der Waals surface area contributed by atoms with Crippen molar-refractivity contribution in [3.63, 3.8) is 0 Å². The molecule has 2 atom stereocenters. The summed E-state index contributed by atoms with van der Waals surface area (Å²) in [4.78, 5) is 116. The number of thioether (sulfide) groups is 1. The van der Waals surface area contributed by atoms with Crippen molar-refractivity contribution in [1.29, 1.82) is 0 Å². The van der Waals surface area contributed by atoms with E-state index in [1.807, 2.05) is 13.2 Å². The highest BCUT2D eigenvalue weighted by Crippen LogP contribution is 2.06. The predicted molar refractivity (Wildman–Crippen MR) is 247 cm³/mol. The first-order valence-electron chi connectivity index (χ1n) is 22.5. The van der Waals surface area contributed by atoms with E-state index in [1.165, 1.54) is 11.8 Å². The number of aliphatic carboxylic acids is 4. The van der Waals surface area contributed by atoms with Crippen LogP contribution in [0.25, 0.3) is 0 Å². The standard InChI is InChI=1S/C42H74N10O13S/c1-4-32(53)10-6-5-8-14-43-31(2)44-15-9-7-11-34(42(64)65)48-36(55)26-46-41(63)33(13-25-66-3)47-35(54)12-16-45-37(56)27-49-17-19-50(28-38(57)58)21-23-52(30-40(61)62)24-22-51(20-18-49)29-39(59)60/h33-34,43-44H,2,4-30H2,1,3H3,(H,45,56)(H,46,63)(H,47,54)(H,48,55)(H,57,58)(H,59,60)(H,61,62)(H,64,65). The molecule has 1 saturated heterocycles. The Morgan fingerprint density at radius 2 is 1.03 bits per heavy atom. The Balaban J connectivity index is 2.62. The average molecular weight is 959 g/mol. The molecule has 4 amide bonds. The van der Waals surface area contributed by atoms with E-state index in [1.54, 1.807) is 19.6 Å². The number of hydrogen-bond acceptors (Lipinski definition) is 16. The molecule has 24 heteroatoms. The Labute approximate surface area is 391 Å². The lowest BCUT2D eigenvalue weighted by Gasteiger charge is -2.32. The lowest BCUT2D eigenvalue weighted by molar-refractivity contribution is -0.142. The second-order valence-corrected chi connectivity index (χ2v) is 17.0. The summed E-state index contributed by atoms with van der Waals surface area (Å²) in [5, 5.41) is 54.5. The van der Waals surface area contributed by atoms with Crippen molar-refractivity contribution in [3.05, 3.63) is 12.4 Å². The van der Waals surface area contributed by atoms with Crippen LogP contribution in [0.4, 0.5) is 0 Å². The van der Waals surface area contributed by atoms with Crippen LogP contribution in [0.5, 0.6) is 0 Å². The second-order valence-electron chi connectivity index (χ2n) is 16.0. The van der Waals surface area contributed by atoms with Gasteiger partial charge in [0.15, 0.2) is 0 Å². The number of carboxylic acid groups (broad SMARTS) is 4. The third-order valence-electron chi connectivity index (χ3n) is 10.5. The minimum absolute atomic E-state index is 0.0875. The van der Waals surface area contributed by atoms with Gasteiger partial charge in [0.25, 0.3) is 0 Å². The number of amides is 4. The van der Waals surface area contributed by atoms with E-state index in [0.717, 1.165) is 19.3 Å². The van der Waals surface area contributed by atoms with Gasteiger partial charge in [0.1, 0.15) is 17.9 Å². The Kier molecular flexibility index (Phi) is 31.4. The molecule has 0 bridgehead atoms. The molecule has 0 spiro atoms. The van der Waals surface area contributed by atoms with Gasteiger partial charge in [-0.3, -0.25) is 58.0 Å². The largest absolute Gasteiger partial charge is 0.480 e. The molecule has 1 heterocycles. The molecule has 2 unspecified atom stereocenters. The third kappa shape index (κ3) is 30.2. The quantitative estimate of drug-likeness (QED) is 0.0320. The predicted octanol–water partition coefficient (Wildman–Crippen LogP) is -1.75. The number of carbonyl (C=O) groups excluding carboxylic acids is 5. The maximum atomic E-state index is 13.1. The summed E-state index contributed by atoms with van der Waals surface area (Å²) in [5.41, 5.74) is 0. The van der Waals surface area contributed by atoms with Gasteiger partial charge in [0, 0.05) is 91.3 Å². The van der Waals surface area contributed by atoms with E-state index >= 15 is 0 Å². The van der Waals surface area contributed by atoms with Crippen LogP contribution in [0.3, 0.4) is 0 Å². The molecule has 0 aliphatic carbocycles. The van der Waals surface area contributed by atoms with Crippen LogP contribution in [0.15, 0.2) is 12.4 Å². The summed E-state index contributed by atoms with van der Waals surface area (Å²) in [7, 11) is 0. The van der Waals surface area contributed by atoms with Gasteiger partial charge >= 0.3 is 23.9 Å². The molecule has 0 saturated carbocycles. The lowest BCUT2D eigenvalue weighted by atomic mass is 10.1. The van der Waals surface area contributed by atoms with Crippen molar-refractivity contribution in [3.8, 4) is 0 Å². The molecule has 0 radical (unpaired) electrons. The smallest absolute Gasteiger partial charge is 0.326 e. The van der Waals surface area contributed by atoms with E-state index in [2.05, 4.69) is 38.5 Å². The number of nitrogens with one attached hydrogen (secondary N) is 6. The summed E-state index contributed by atoms with van der Waals surface area (Å²) in [6.07, 6.45) is 6.96. The number of rotatable bonds is 34. The topological polar surface area (TPSA) is 320 Å². The molecule has 1 aliphatic heterocycles. The Morgan fingerprint density at radius 3 is 1.50 bits per heavy atom. The van der Waals surface area contributed by atoms with Gasteiger partial charge in [-0.1, -0.05) is 19.9 Å². The SMILES string of the molecule is C=C(NCCCCCC(=O)CC)NCCCCC(NC(=O)CNC(=O)C(CCSC)NC(=O)CCNC(=O)CN1CCN(CC(=O)O)CCN(CC(=O)O)CCN(CC(=O)O)CC1)C(=O)O. The normalized spacial score (nSPS) is 15.4. The van der Waals surface area contributed by atoms with E-state index in [9.17, 15) is 63.6 Å². The summed E-state index contributed by atoms with van der Waals surface area (Å²) < 4.78 is 0. The molecule has 1 rings (SSSR count). The highest BCUT2D eigenvalue weighted by molar-refractivity contribution is 7.98. The monoisotopic (exact) mass is 959 g/mol.